The zero-order chi connectivity index (χ0) is 20.9. The van der Waals surface area contributed by atoms with Crippen molar-refractivity contribution in [2.24, 2.45) is 0 Å². The number of likely N-dealkylation sites (tertiary alicyclic amines) is 1. The molecule has 7 nitrogen and oxygen atoms in total. The minimum absolute atomic E-state index is 0.114. The molecule has 1 fully saturated rings. The maximum absolute atomic E-state index is 13.8. The molecule has 0 saturated carbocycles. The number of hydrogen-bond donors (Lipinski definition) is 2. The van der Waals surface area contributed by atoms with Crippen LogP contribution in [0.25, 0.3) is 11.1 Å². The van der Waals surface area contributed by atoms with Gasteiger partial charge in [-0.05, 0) is 49.2 Å². The Labute approximate surface area is 174 Å². The van der Waals surface area contributed by atoms with E-state index in [1.807, 2.05) is 12.1 Å². The molecule has 3 N–H and O–H groups in total. The number of pyridine rings is 1. The predicted octanol–water partition coefficient (Wildman–Crippen LogP) is 3.43. The number of hydrogen-bond acceptors (Lipinski definition) is 6. The molecular weight excluding hydrogens is 383 g/mol. The number of benzene rings is 1. The summed E-state index contributed by atoms with van der Waals surface area (Å²) in [7, 11) is 0. The number of halogens is 1. The summed E-state index contributed by atoms with van der Waals surface area (Å²) in [4.78, 5) is 27.5. The van der Waals surface area contributed by atoms with Crippen molar-refractivity contribution in [3.8, 4) is 11.1 Å². The Morgan fingerprint density at radius 3 is 2.90 bits per heavy atom. The molecule has 3 aromatic rings. The lowest BCUT2D eigenvalue weighted by molar-refractivity contribution is -0.118. The van der Waals surface area contributed by atoms with Crippen LogP contribution in [-0.4, -0.2) is 38.8 Å². The van der Waals surface area contributed by atoms with E-state index in [1.54, 1.807) is 30.6 Å². The highest BCUT2D eigenvalue weighted by molar-refractivity contribution is 5.91. The van der Waals surface area contributed by atoms with Crippen molar-refractivity contribution in [1.29, 1.82) is 0 Å². The third kappa shape index (κ3) is 4.60. The van der Waals surface area contributed by atoms with Gasteiger partial charge in [-0.3, -0.25) is 9.69 Å². The lowest BCUT2D eigenvalue weighted by Crippen LogP contribution is -2.40. The third-order valence-corrected chi connectivity index (χ3v) is 5.18. The van der Waals surface area contributed by atoms with Crippen molar-refractivity contribution in [3.63, 3.8) is 0 Å². The normalized spacial score (nSPS) is 16.9. The van der Waals surface area contributed by atoms with E-state index in [1.165, 1.54) is 12.1 Å². The molecule has 154 valence electrons. The standard InChI is InChI=1S/C22H23FN6O/c23-16-7-5-6-15(12-16)17-13-26-22(24)28-21(17)18-8-2-4-11-29(18)14-20(30)27-19-9-1-3-10-25-19/h1,3,5-7,9-10,12-13,18H,2,4,8,11,14H2,(H2,24,26,28)(H,25,27,30). The highest BCUT2D eigenvalue weighted by atomic mass is 19.1. The number of rotatable bonds is 5. The van der Waals surface area contributed by atoms with Gasteiger partial charge in [0.1, 0.15) is 11.6 Å². The van der Waals surface area contributed by atoms with Crippen molar-refractivity contribution in [1.82, 2.24) is 19.9 Å². The van der Waals surface area contributed by atoms with Crippen LogP contribution in [0, 0.1) is 5.82 Å². The lowest BCUT2D eigenvalue weighted by atomic mass is 9.93. The first-order chi connectivity index (χ1) is 14.6. The smallest absolute Gasteiger partial charge is 0.239 e. The number of nitrogens with zero attached hydrogens (tertiary/aromatic N) is 4. The summed E-state index contributed by atoms with van der Waals surface area (Å²) in [6, 6.07) is 11.6. The van der Waals surface area contributed by atoms with Crippen molar-refractivity contribution >= 4 is 17.7 Å². The van der Waals surface area contributed by atoms with Gasteiger partial charge in [-0.2, -0.15) is 0 Å². The molecule has 1 aliphatic heterocycles. The van der Waals surface area contributed by atoms with Crippen LogP contribution in [0.4, 0.5) is 16.2 Å². The molecule has 1 unspecified atom stereocenters. The van der Waals surface area contributed by atoms with Gasteiger partial charge in [0.05, 0.1) is 18.3 Å². The molecule has 0 radical (unpaired) electrons. The van der Waals surface area contributed by atoms with Crippen LogP contribution in [0.5, 0.6) is 0 Å². The first-order valence-corrected chi connectivity index (χ1v) is 9.93. The van der Waals surface area contributed by atoms with Gasteiger partial charge >= 0.3 is 0 Å². The SMILES string of the molecule is Nc1ncc(-c2cccc(F)c2)c(C2CCCCN2CC(=O)Nc2ccccn2)n1. The van der Waals surface area contributed by atoms with Gasteiger partial charge in [-0.15, -0.1) is 0 Å². The van der Waals surface area contributed by atoms with Gasteiger partial charge in [-0.1, -0.05) is 24.6 Å². The van der Waals surface area contributed by atoms with E-state index in [-0.39, 0.29) is 30.3 Å². The maximum Gasteiger partial charge on any atom is 0.239 e. The molecule has 30 heavy (non-hydrogen) atoms. The molecule has 2 aromatic heterocycles. The summed E-state index contributed by atoms with van der Waals surface area (Å²) < 4.78 is 13.8. The van der Waals surface area contributed by atoms with E-state index in [9.17, 15) is 9.18 Å². The molecule has 0 aliphatic carbocycles. The minimum atomic E-state index is -0.328. The average molecular weight is 406 g/mol. The average Bonchev–Trinajstić information content (AvgIpc) is 2.75. The second-order valence-electron chi connectivity index (χ2n) is 7.28. The van der Waals surface area contributed by atoms with Gasteiger partial charge in [0.25, 0.3) is 0 Å². The Bertz CT molecular complexity index is 1030. The quantitative estimate of drug-likeness (QED) is 0.674. The Morgan fingerprint density at radius 1 is 1.20 bits per heavy atom. The molecule has 1 aromatic carbocycles. The summed E-state index contributed by atoms with van der Waals surface area (Å²) in [6.07, 6.45) is 6.09. The summed E-state index contributed by atoms with van der Waals surface area (Å²) in [5.41, 5.74) is 8.03. The number of amides is 1. The first-order valence-electron chi connectivity index (χ1n) is 9.93. The van der Waals surface area contributed by atoms with Gasteiger partial charge < -0.3 is 11.1 Å². The van der Waals surface area contributed by atoms with Crippen LogP contribution >= 0.6 is 0 Å². The summed E-state index contributed by atoms with van der Waals surface area (Å²) in [6.45, 7) is 0.959. The molecule has 3 heterocycles. The molecule has 1 saturated heterocycles. The topological polar surface area (TPSA) is 97.0 Å². The van der Waals surface area contributed by atoms with Crippen LogP contribution in [0.1, 0.15) is 31.0 Å². The lowest BCUT2D eigenvalue weighted by Gasteiger charge is -2.35. The third-order valence-electron chi connectivity index (χ3n) is 5.18. The largest absolute Gasteiger partial charge is 0.368 e. The molecule has 1 amide bonds. The first kappa shape index (κ1) is 19.9. The second-order valence-corrected chi connectivity index (χ2v) is 7.28. The minimum Gasteiger partial charge on any atom is -0.368 e. The highest BCUT2D eigenvalue weighted by Gasteiger charge is 2.29. The maximum atomic E-state index is 13.8. The Kier molecular flexibility index (Phi) is 5.94. The zero-order valence-corrected chi connectivity index (χ0v) is 16.5. The fourth-order valence-corrected chi connectivity index (χ4v) is 3.84. The number of nitrogens with two attached hydrogens (primary N) is 1. The summed E-state index contributed by atoms with van der Waals surface area (Å²) in [5, 5.41) is 2.83. The van der Waals surface area contributed by atoms with E-state index >= 15 is 0 Å². The fraction of sp³-hybridized carbons (Fsp3) is 0.273. The van der Waals surface area contributed by atoms with Crippen molar-refractivity contribution in [2.75, 3.05) is 24.1 Å². The number of nitrogens with one attached hydrogen (secondary N) is 1. The zero-order valence-electron chi connectivity index (χ0n) is 16.5. The number of piperidine rings is 1. The molecule has 0 spiro atoms. The summed E-state index contributed by atoms with van der Waals surface area (Å²) in [5.74, 6) is 0.205. The van der Waals surface area contributed by atoms with E-state index in [4.69, 9.17) is 5.73 Å². The Balaban J connectivity index is 1.61. The van der Waals surface area contributed by atoms with Crippen molar-refractivity contribution in [3.05, 3.63) is 66.4 Å². The summed E-state index contributed by atoms with van der Waals surface area (Å²) >= 11 is 0. The van der Waals surface area contributed by atoms with E-state index in [0.29, 0.717) is 11.4 Å². The second kappa shape index (κ2) is 8.96. The fourth-order valence-electron chi connectivity index (χ4n) is 3.84. The molecule has 1 atom stereocenters. The van der Waals surface area contributed by atoms with Gasteiger partial charge in [0, 0.05) is 18.0 Å². The number of anilines is 2. The number of aromatic nitrogens is 3. The van der Waals surface area contributed by atoms with E-state index in [0.717, 1.165) is 37.1 Å². The van der Waals surface area contributed by atoms with Crippen LogP contribution in [-0.2, 0) is 4.79 Å². The van der Waals surface area contributed by atoms with Crippen LogP contribution in [0.2, 0.25) is 0 Å². The Morgan fingerprint density at radius 2 is 2.10 bits per heavy atom. The predicted molar refractivity (Wildman–Crippen MR) is 113 cm³/mol. The van der Waals surface area contributed by atoms with Crippen LogP contribution in [0.3, 0.4) is 0 Å². The molecular formula is C22H23FN6O. The van der Waals surface area contributed by atoms with Gasteiger partial charge in [0.15, 0.2) is 0 Å². The number of nitrogen functional groups attached to an aromatic ring is 1. The highest BCUT2D eigenvalue weighted by Crippen LogP contribution is 2.35. The van der Waals surface area contributed by atoms with Crippen LogP contribution < -0.4 is 11.1 Å². The van der Waals surface area contributed by atoms with E-state index < -0.39 is 0 Å². The van der Waals surface area contributed by atoms with Gasteiger partial charge in [0.2, 0.25) is 11.9 Å². The van der Waals surface area contributed by atoms with Crippen molar-refractivity contribution < 1.29 is 9.18 Å². The molecule has 0 bridgehead atoms. The Hall–Kier alpha value is -3.39. The number of carbonyl (C=O) groups is 1. The molecule has 4 rings (SSSR count). The monoisotopic (exact) mass is 406 g/mol. The van der Waals surface area contributed by atoms with Crippen molar-refractivity contribution in [2.45, 2.75) is 25.3 Å². The van der Waals surface area contributed by atoms with Gasteiger partial charge in [-0.25, -0.2) is 19.3 Å². The van der Waals surface area contributed by atoms with E-state index in [2.05, 4.69) is 25.2 Å². The number of carbonyl (C=O) groups excluding carboxylic acids is 1. The molecule has 1 aliphatic rings. The molecule has 8 heteroatoms. The van der Waals surface area contributed by atoms with Crippen LogP contribution in [0.15, 0.2) is 54.9 Å².